The molecule has 1 heterocycles. The van der Waals surface area contributed by atoms with E-state index in [1.807, 2.05) is 20.8 Å². The van der Waals surface area contributed by atoms with Gasteiger partial charge in [-0.25, -0.2) is 0 Å². The van der Waals surface area contributed by atoms with E-state index < -0.39 is 5.54 Å². The highest BCUT2D eigenvalue weighted by molar-refractivity contribution is 5.79. The van der Waals surface area contributed by atoms with Crippen LogP contribution in [0.4, 0.5) is 0 Å². The smallest absolute Gasteiger partial charge is 0.325 e. The lowest BCUT2D eigenvalue weighted by molar-refractivity contribution is -0.201. The Labute approximate surface area is 133 Å². The number of carbonyl (C=O) groups excluding carboxylic acids is 1. The first kappa shape index (κ1) is 16.2. The Morgan fingerprint density at radius 3 is 2.32 bits per heavy atom. The zero-order valence-electron chi connectivity index (χ0n) is 14.1. The van der Waals surface area contributed by atoms with E-state index in [1.54, 1.807) is 0 Å². The van der Waals surface area contributed by atoms with Gasteiger partial charge in [-0.2, -0.15) is 0 Å². The molecule has 0 amide bonds. The molecule has 1 saturated heterocycles. The molecule has 0 aromatic rings. The van der Waals surface area contributed by atoms with E-state index in [4.69, 9.17) is 14.2 Å². The van der Waals surface area contributed by atoms with Crippen LogP contribution in [0.1, 0.15) is 59.3 Å². The molecule has 0 aromatic heterocycles. The van der Waals surface area contributed by atoms with Crippen molar-refractivity contribution in [1.29, 1.82) is 0 Å². The number of rotatable bonds is 4. The average Bonchev–Trinajstić information content (AvgIpc) is 2.88. The second-order valence-corrected chi connectivity index (χ2v) is 7.70. The molecule has 0 bridgehead atoms. The SMILES string of the molecule is CCOC(=O)C(C)(C)NC1CC2(CCC3(CC2)OCCO3)C1. The van der Waals surface area contributed by atoms with Gasteiger partial charge < -0.3 is 14.2 Å². The molecule has 5 nitrogen and oxygen atoms in total. The first-order valence-electron chi connectivity index (χ1n) is 8.62. The zero-order chi connectivity index (χ0) is 15.8. The van der Waals surface area contributed by atoms with E-state index in [2.05, 4.69) is 5.32 Å². The molecule has 2 spiro atoms. The molecule has 0 radical (unpaired) electrons. The van der Waals surface area contributed by atoms with Gasteiger partial charge in [-0.05, 0) is 51.9 Å². The topological polar surface area (TPSA) is 56.8 Å². The molecule has 1 aliphatic heterocycles. The van der Waals surface area contributed by atoms with Crippen LogP contribution in [0.3, 0.4) is 0 Å². The van der Waals surface area contributed by atoms with Gasteiger partial charge in [0.2, 0.25) is 0 Å². The minimum Gasteiger partial charge on any atom is -0.465 e. The lowest BCUT2D eigenvalue weighted by Crippen LogP contribution is -2.60. The molecular weight excluding hydrogens is 282 g/mol. The average molecular weight is 311 g/mol. The summed E-state index contributed by atoms with van der Waals surface area (Å²) in [6.07, 6.45) is 6.66. The first-order valence-corrected chi connectivity index (χ1v) is 8.62. The van der Waals surface area contributed by atoms with Crippen LogP contribution in [0.25, 0.3) is 0 Å². The van der Waals surface area contributed by atoms with Gasteiger partial charge in [0.1, 0.15) is 5.54 Å². The third-order valence-electron chi connectivity index (χ3n) is 5.60. The van der Waals surface area contributed by atoms with E-state index in [0.29, 0.717) is 18.1 Å². The number of hydrogen-bond donors (Lipinski definition) is 1. The number of carbonyl (C=O) groups is 1. The van der Waals surface area contributed by atoms with Crippen LogP contribution in [0.15, 0.2) is 0 Å². The Morgan fingerprint density at radius 2 is 1.77 bits per heavy atom. The molecule has 22 heavy (non-hydrogen) atoms. The first-order chi connectivity index (χ1) is 10.4. The highest BCUT2D eigenvalue weighted by atomic mass is 16.7. The van der Waals surface area contributed by atoms with E-state index in [-0.39, 0.29) is 11.8 Å². The van der Waals surface area contributed by atoms with Gasteiger partial charge in [0.15, 0.2) is 5.79 Å². The summed E-state index contributed by atoms with van der Waals surface area (Å²) in [5, 5.41) is 3.47. The van der Waals surface area contributed by atoms with Crippen LogP contribution < -0.4 is 5.32 Å². The number of ether oxygens (including phenoxy) is 3. The van der Waals surface area contributed by atoms with Gasteiger partial charge in [0, 0.05) is 18.9 Å². The van der Waals surface area contributed by atoms with Crippen molar-refractivity contribution < 1.29 is 19.0 Å². The lowest BCUT2D eigenvalue weighted by atomic mass is 9.57. The summed E-state index contributed by atoms with van der Waals surface area (Å²) in [6, 6.07) is 0.416. The van der Waals surface area contributed by atoms with Gasteiger partial charge in [0.25, 0.3) is 0 Å². The molecule has 2 aliphatic carbocycles. The Hall–Kier alpha value is -0.650. The van der Waals surface area contributed by atoms with Crippen molar-refractivity contribution >= 4 is 5.97 Å². The summed E-state index contributed by atoms with van der Waals surface area (Å²) in [6.45, 7) is 7.58. The number of hydrogen-bond acceptors (Lipinski definition) is 5. The molecule has 3 fully saturated rings. The van der Waals surface area contributed by atoms with E-state index >= 15 is 0 Å². The van der Waals surface area contributed by atoms with Gasteiger partial charge in [0.05, 0.1) is 19.8 Å². The summed E-state index contributed by atoms with van der Waals surface area (Å²) in [4.78, 5) is 12.0. The fraction of sp³-hybridized carbons (Fsp3) is 0.941. The quantitative estimate of drug-likeness (QED) is 0.808. The second-order valence-electron chi connectivity index (χ2n) is 7.70. The molecule has 5 heteroatoms. The van der Waals surface area contributed by atoms with Gasteiger partial charge in [-0.1, -0.05) is 0 Å². The fourth-order valence-corrected chi connectivity index (χ4v) is 4.32. The van der Waals surface area contributed by atoms with Crippen molar-refractivity contribution in [3.8, 4) is 0 Å². The molecule has 3 aliphatic rings. The van der Waals surface area contributed by atoms with Crippen molar-refractivity contribution in [2.45, 2.75) is 76.7 Å². The standard InChI is InChI=1S/C17H29NO4/c1-4-20-14(19)15(2,3)18-13-11-16(12-13)5-7-17(8-6-16)21-9-10-22-17/h13,18H,4-12H2,1-3H3. The fourth-order valence-electron chi connectivity index (χ4n) is 4.32. The molecule has 0 atom stereocenters. The van der Waals surface area contributed by atoms with Crippen LogP contribution >= 0.6 is 0 Å². The molecule has 126 valence electrons. The second kappa shape index (κ2) is 5.77. The minimum absolute atomic E-state index is 0.161. The Balaban J connectivity index is 1.47. The van der Waals surface area contributed by atoms with Crippen LogP contribution in [0.5, 0.6) is 0 Å². The third-order valence-corrected chi connectivity index (χ3v) is 5.60. The number of esters is 1. The summed E-state index contributed by atoms with van der Waals surface area (Å²) < 4.78 is 16.8. The van der Waals surface area contributed by atoms with E-state index in [9.17, 15) is 4.79 Å². The Bertz CT molecular complexity index is 410. The predicted octanol–water partition coefficient (Wildman–Crippen LogP) is 2.38. The molecule has 0 unspecified atom stereocenters. The number of nitrogens with one attached hydrogen (secondary N) is 1. The maximum Gasteiger partial charge on any atom is 0.325 e. The van der Waals surface area contributed by atoms with Gasteiger partial charge in [-0.3, -0.25) is 10.1 Å². The summed E-state index contributed by atoms with van der Waals surface area (Å²) in [7, 11) is 0. The van der Waals surface area contributed by atoms with Crippen molar-refractivity contribution in [2.24, 2.45) is 5.41 Å². The van der Waals surface area contributed by atoms with E-state index in [1.165, 1.54) is 12.8 Å². The van der Waals surface area contributed by atoms with E-state index in [0.717, 1.165) is 38.9 Å². The summed E-state index contributed by atoms with van der Waals surface area (Å²) >= 11 is 0. The van der Waals surface area contributed by atoms with Crippen LogP contribution in [0.2, 0.25) is 0 Å². The third kappa shape index (κ3) is 3.03. The zero-order valence-corrected chi connectivity index (χ0v) is 14.1. The normalized spacial score (nSPS) is 27.0. The highest BCUT2D eigenvalue weighted by Crippen LogP contribution is 2.55. The maximum absolute atomic E-state index is 12.0. The Morgan fingerprint density at radius 1 is 1.18 bits per heavy atom. The molecule has 3 rings (SSSR count). The monoisotopic (exact) mass is 311 g/mol. The molecule has 0 aromatic carbocycles. The molecule has 2 saturated carbocycles. The van der Waals surface area contributed by atoms with Crippen molar-refractivity contribution in [2.75, 3.05) is 19.8 Å². The van der Waals surface area contributed by atoms with Crippen molar-refractivity contribution in [3.63, 3.8) is 0 Å². The minimum atomic E-state index is -0.601. The van der Waals surface area contributed by atoms with Crippen LogP contribution in [-0.2, 0) is 19.0 Å². The maximum atomic E-state index is 12.0. The van der Waals surface area contributed by atoms with Gasteiger partial charge >= 0.3 is 5.97 Å². The van der Waals surface area contributed by atoms with Crippen molar-refractivity contribution in [1.82, 2.24) is 5.32 Å². The highest BCUT2D eigenvalue weighted by Gasteiger charge is 2.52. The summed E-state index contributed by atoms with van der Waals surface area (Å²) in [5.74, 6) is -0.431. The predicted molar refractivity (Wildman–Crippen MR) is 82.4 cm³/mol. The molecule has 1 N–H and O–H groups in total. The Kier molecular flexibility index (Phi) is 4.25. The largest absolute Gasteiger partial charge is 0.465 e. The molecular formula is C17H29NO4. The lowest BCUT2D eigenvalue weighted by Gasteiger charge is -2.54. The van der Waals surface area contributed by atoms with Gasteiger partial charge in [-0.15, -0.1) is 0 Å². The van der Waals surface area contributed by atoms with Crippen molar-refractivity contribution in [3.05, 3.63) is 0 Å². The summed E-state index contributed by atoms with van der Waals surface area (Å²) in [5.41, 5.74) is -0.168. The van der Waals surface area contributed by atoms with Crippen LogP contribution in [-0.4, -0.2) is 43.2 Å². The van der Waals surface area contributed by atoms with Crippen LogP contribution in [0, 0.1) is 5.41 Å².